The lowest BCUT2D eigenvalue weighted by molar-refractivity contribution is -0.131. The number of halogens is 1. The van der Waals surface area contributed by atoms with Crippen LogP contribution in [0.3, 0.4) is 0 Å². The van der Waals surface area contributed by atoms with Crippen molar-refractivity contribution in [2.45, 2.75) is 19.3 Å². The molecule has 0 N–H and O–H groups in total. The molecule has 1 aromatic heterocycles. The van der Waals surface area contributed by atoms with Crippen LogP contribution < -0.4 is 0 Å². The second-order valence-electron chi connectivity index (χ2n) is 6.39. The number of aromatic nitrogens is 1. The second kappa shape index (κ2) is 8.81. The zero-order valence-corrected chi connectivity index (χ0v) is 15.4. The molecule has 5 nitrogen and oxygen atoms in total. The van der Waals surface area contributed by atoms with E-state index in [-0.39, 0.29) is 11.8 Å². The van der Waals surface area contributed by atoms with Crippen LogP contribution in [0.5, 0.6) is 0 Å². The van der Waals surface area contributed by atoms with Crippen molar-refractivity contribution in [1.82, 2.24) is 14.8 Å². The molecule has 1 aliphatic rings. The van der Waals surface area contributed by atoms with Gasteiger partial charge < -0.3 is 9.80 Å². The lowest BCUT2D eigenvalue weighted by Gasteiger charge is -2.22. The third kappa shape index (κ3) is 4.82. The summed E-state index contributed by atoms with van der Waals surface area (Å²) in [6, 6.07) is 11.1. The van der Waals surface area contributed by atoms with Crippen molar-refractivity contribution in [3.8, 4) is 0 Å². The van der Waals surface area contributed by atoms with Gasteiger partial charge in [-0.2, -0.15) is 0 Å². The average molecular weight is 372 g/mol. The third-order valence-electron chi connectivity index (χ3n) is 4.59. The van der Waals surface area contributed by atoms with Crippen LogP contribution in [0.1, 0.15) is 28.8 Å². The Morgan fingerprint density at radius 3 is 2.46 bits per heavy atom. The Morgan fingerprint density at radius 1 is 1.00 bits per heavy atom. The number of hydrogen-bond donors (Lipinski definition) is 0. The summed E-state index contributed by atoms with van der Waals surface area (Å²) in [7, 11) is 0. The zero-order chi connectivity index (χ0) is 18.4. The van der Waals surface area contributed by atoms with Crippen LogP contribution in [0.15, 0.2) is 48.8 Å². The van der Waals surface area contributed by atoms with Crippen molar-refractivity contribution in [1.29, 1.82) is 0 Å². The Labute approximate surface area is 158 Å². The Balaban J connectivity index is 1.52. The topological polar surface area (TPSA) is 53.5 Å². The van der Waals surface area contributed by atoms with Crippen molar-refractivity contribution in [3.63, 3.8) is 0 Å². The SMILES string of the molecule is O=C(CCc1ccc(Cl)cc1)N1CCCN(C(=O)c2cccnc2)CC1. The number of carbonyl (C=O) groups is 2. The lowest BCUT2D eigenvalue weighted by Crippen LogP contribution is -2.37. The summed E-state index contributed by atoms with van der Waals surface area (Å²) in [5.41, 5.74) is 1.70. The standard InChI is InChI=1S/C20H22ClN3O2/c21-18-7-4-16(5-8-18)6-9-19(25)23-11-2-12-24(14-13-23)20(26)17-3-1-10-22-15-17/h1,3-5,7-8,10,15H,2,6,9,11-14H2. The minimum atomic E-state index is -0.0198. The fourth-order valence-corrected chi connectivity index (χ4v) is 3.23. The highest BCUT2D eigenvalue weighted by atomic mass is 35.5. The van der Waals surface area contributed by atoms with E-state index < -0.39 is 0 Å². The summed E-state index contributed by atoms with van der Waals surface area (Å²) >= 11 is 5.89. The van der Waals surface area contributed by atoms with E-state index in [2.05, 4.69) is 4.98 Å². The number of carbonyl (C=O) groups excluding carboxylic acids is 2. The summed E-state index contributed by atoms with van der Waals surface area (Å²) in [5.74, 6) is 0.115. The molecule has 1 aliphatic heterocycles. The minimum absolute atomic E-state index is 0.0198. The van der Waals surface area contributed by atoms with Gasteiger partial charge >= 0.3 is 0 Å². The number of nitrogens with zero attached hydrogens (tertiary/aromatic N) is 3. The molecule has 26 heavy (non-hydrogen) atoms. The van der Waals surface area contributed by atoms with Crippen molar-refractivity contribution in [2.75, 3.05) is 26.2 Å². The Bertz CT molecular complexity index is 749. The van der Waals surface area contributed by atoms with Crippen LogP contribution in [0.25, 0.3) is 0 Å². The molecule has 1 saturated heterocycles. The molecule has 0 aliphatic carbocycles. The lowest BCUT2D eigenvalue weighted by atomic mass is 10.1. The van der Waals surface area contributed by atoms with Crippen LogP contribution in [-0.4, -0.2) is 52.8 Å². The predicted molar refractivity (Wildman–Crippen MR) is 101 cm³/mol. The fraction of sp³-hybridized carbons (Fsp3) is 0.350. The molecule has 6 heteroatoms. The van der Waals surface area contributed by atoms with E-state index in [4.69, 9.17) is 11.6 Å². The second-order valence-corrected chi connectivity index (χ2v) is 6.83. The molecule has 0 bridgehead atoms. The highest BCUT2D eigenvalue weighted by Gasteiger charge is 2.22. The van der Waals surface area contributed by atoms with Gasteiger partial charge in [0.2, 0.25) is 5.91 Å². The number of aryl methyl sites for hydroxylation is 1. The number of pyridine rings is 1. The van der Waals surface area contributed by atoms with Gasteiger partial charge in [0.1, 0.15) is 0 Å². The first-order chi connectivity index (χ1) is 12.6. The first-order valence-corrected chi connectivity index (χ1v) is 9.23. The van der Waals surface area contributed by atoms with Gasteiger partial charge in [0.25, 0.3) is 5.91 Å². The molecular formula is C20H22ClN3O2. The number of benzene rings is 1. The Hall–Kier alpha value is -2.40. The van der Waals surface area contributed by atoms with E-state index in [0.29, 0.717) is 49.6 Å². The first-order valence-electron chi connectivity index (χ1n) is 8.85. The van der Waals surface area contributed by atoms with Crippen molar-refractivity contribution >= 4 is 23.4 Å². The molecule has 2 aromatic rings. The summed E-state index contributed by atoms with van der Waals surface area (Å²) in [6.45, 7) is 2.48. The average Bonchev–Trinajstić information content (AvgIpc) is 2.94. The third-order valence-corrected chi connectivity index (χ3v) is 4.84. The summed E-state index contributed by atoms with van der Waals surface area (Å²) in [5, 5.41) is 0.700. The molecule has 1 aromatic carbocycles. The van der Waals surface area contributed by atoms with Crippen LogP contribution in [0, 0.1) is 0 Å². The van der Waals surface area contributed by atoms with E-state index in [9.17, 15) is 9.59 Å². The van der Waals surface area contributed by atoms with Crippen LogP contribution >= 0.6 is 11.6 Å². The van der Waals surface area contributed by atoms with Crippen molar-refractivity contribution in [3.05, 3.63) is 64.9 Å². The smallest absolute Gasteiger partial charge is 0.255 e. The molecule has 0 radical (unpaired) electrons. The van der Waals surface area contributed by atoms with E-state index in [1.807, 2.05) is 34.1 Å². The van der Waals surface area contributed by atoms with Crippen molar-refractivity contribution < 1.29 is 9.59 Å². The molecule has 0 atom stereocenters. The molecule has 0 unspecified atom stereocenters. The molecule has 0 saturated carbocycles. The van der Waals surface area contributed by atoms with E-state index in [0.717, 1.165) is 12.0 Å². The number of rotatable bonds is 4. The van der Waals surface area contributed by atoms with Gasteiger partial charge in [-0.1, -0.05) is 23.7 Å². The Kier molecular flexibility index (Phi) is 6.23. The van der Waals surface area contributed by atoms with Crippen LogP contribution in [0.2, 0.25) is 5.02 Å². The predicted octanol–water partition coefficient (Wildman–Crippen LogP) is 3.04. The zero-order valence-electron chi connectivity index (χ0n) is 14.6. The molecule has 3 rings (SSSR count). The van der Waals surface area contributed by atoms with Crippen LogP contribution in [-0.2, 0) is 11.2 Å². The van der Waals surface area contributed by atoms with Gasteiger partial charge in [-0.3, -0.25) is 14.6 Å². The number of amides is 2. The maximum Gasteiger partial charge on any atom is 0.255 e. The normalized spacial score (nSPS) is 14.8. The van der Waals surface area contributed by atoms with Crippen LogP contribution in [0.4, 0.5) is 0 Å². The fourth-order valence-electron chi connectivity index (χ4n) is 3.10. The summed E-state index contributed by atoms with van der Waals surface area (Å²) in [6.07, 6.45) is 5.20. The molecule has 0 spiro atoms. The maximum atomic E-state index is 12.5. The molecular weight excluding hydrogens is 350 g/mol. The highest BCUT2D eigenvalue weighted by Crippen LogP contribution is 2.13. The van der Waals surface area contributed by atoms with Gasteiger partial charge in [0.15, 0.2) is 0 Å². The van der Waals surface area contributed by atoms with Crippen molar-refractivity contribution in [2.24, 2.45) is 0 Å². The largest absolute Gasteiger partial charge is 0.341 e. The quantitative estimate of drug-likeness (QED) is 0.830. The monoisotopic (exact) mass is 371 g/mol. The minimum Gasteiger partial charge on any atom is -0.341 e. The molecule has 136 valence electrons. The van der Waals surface area contributed by atoms with Gasteiger partial charge in [-0.15, -0.1) is 0 Å². The van der Waals surface area contributed by atoms with E-state index in [1.165, 1.54) is 0 Å². The van der Waals surface area contributed by atoms with E-state index >= 15 is 0 Å². The summed E-state index contributed by atoms with van der Waals surface area (Å²) in [4.78, 5) is 32.7. The van der Waals surface area contributed by atoms with Gasteiger partial charge in [-0.05, 0) is 42.7 Å². The first kappa shape index (κ1) is 18.4. The maximum absolute atomic E-state index is 12.5. The molecule has 1 fully saturated rings. The summed E-state index contributed by atoms with van der Waals surface area (Å²) < 4.78 is 0. The number of hydrogen-bond acceptors (Lipinski definition) is 3. The Morgan fingerprint density at radius 2 is 1.73 bits per heavy atom. The highest BCUT2D eigenvalue weighted by molar-refractivity contribution is 6.30. The molecule has 2 heterocycles. The van der Waals surface area contributed by atoms with Gasteiger partial charge in [0.05, 0.1) is 5.56 Å². The van der Waals surface area contributed by atoms with Gasteiger partial charge in [0, 0.05) is 50.0 Å². The van der Waals surface area contributed by atoms with E-state index in [1.54, 1.807) is 24.5 Å². The van der Waals surface area contributed by atoms with Gasteiger partial charge in [-0.25, -0.2) is 0 Å². The molecule has 2 amide bonds.